The molecule has 0 aliphatic heterocycles. The van der Waals surface area contributed by atoms with Crippen molar-refractivity contribution in [2.75, 3.05) is 20.3 Å². The van der Waals surface area contributed by atoms with Crippen LogP contribution in [-0.4, -0.2) is 37.1 Å². The number of amides is 1. The van der Waals surface area contributed by atoms with Gasteiger partial charge in [-0.3, -0.25) is 4.79 Å². The maximum absolute atomic E-state index is 12.4. The lowest BCUT2D eigenvalue weighted by molar-refractivity contribution is -0.135. The number of ether oxygens (including phenoxy) is 1. The summed E-state index contributed by atoms with van der Waals surface area (Å²) in [6, 6.07) is 7.17. The largest absolute Gasteiger partial charge is 0.383 e. The summed E-state index contributed by atoms with van der Waals surface area (Å²) in [7, 11) is 1.63. The fourth-order valence-electron chi connectivity index (χ4n) is 2.11. The van der Waals surface area contributed by atoms with Gasteiger partial charge in [-0.05, 0) is 26.3 Å². The molecule has 0 saturated heterocycles. The number of nitrogens with zero attached hydrogens (tertiary/aromatic N) is 1. The zero-order valence-electron chi connectivity index (χ0n) is 12.2. The molecule has 0 radical (unpaired) electrons. The normalized spacial score (nSPS) is 13.9. The maximum atomic E-state index is 12.4. The van der Waals surface area contributed by atoms with Crippen molar-refractivity contribution in [2.45, 2.75) is 32.9 Å². The molecule has 0 saturated carbocycles. The van der Waals surface area contributed by atoms with Gasteiger partial charge in [0.25, 0.3) is 0 Å². The van der Waals surface area contributed by atoms with E-state index in [2.05, 4.69) is 0 Å². The SMILES string of the molecule is CCN(C(=O)C(N)c1ccc(C)cc1)C(C)COC. The third-order valence-corrected chi connectivity index (χ3v) is 3.27. The smallest absolute Gasteiger partial charge is 0.244 e. The monoisotopic (exact) mass is 264 g/mol. The third kappa shape index (κ3) is 4.04. The molecule has 106 valence electrons. The van der Waals surface area contributed by atoms with Crippen LogP contribution in [0.15, 0.2) is 24.3 Å². The standard InChI is InChI=1S/C15H24N2O2/c1-5-17(12(3)10-19-4)15(18)14(16)13-8-6-11(2)7-9-13/h6-9,12,14H,5,10,16H2,1-4H3. The third-order valence-electron chi connectivity index (χ3n) is 3.27. The molecule has 0 heterocycles. The minimum atomic E-state index is -0.611. The van der Waals surface area contributed by atoms with Crippen molar-refractivity contribution in [3.05, 3.63) is 35.4 Å². The quantitative estimate of drug-likeness (QED) is 0.853. The van der Waals surface area contributed by atoms with Gasteiger partial charge in [0.2, 0.25) is 5.91 Å². The van der Waals surface area contributed by atoms with Crippen LogP contribution in [0.1, 0.15) is 31.0 Å². The highest BCUT2D eigenvalue weighted by Crippen LogP contribution is 2.15. The van der Waals surface area contributed by atoms with E-state index in [0.29, 0.717) is 13.2 Å². The summed E-state index contributed by atoms with van der Waals surface area (Å²) < 4.78 is 5.10. The Labute approximate surface area is 115 Å². The second-order valence-corrected chi connectivity index (χ2v) is 4.82. The maximum Gasteiger partial charge on any atom is 0.244 e. The van der Waals surface area contributed by atoms with E-state index in [4.69, 9.17) is 10.5 Å². The van der Waals surface area contributed by atoms with Crippen molar-refractivity contribution >= 4 is 5.91 Å². The van der Waals surface area contributed by atoms with Gasteiger partial charge >= 0.3 is 0 Å². The Balaban J connectivity index is 2.82. The Morgan fingerprint density at radius 1 is 1.37 bits per heavy atom. The number of nitrogens with two attached hydrogens (primary N) is 1. The molecule has 0 fully saturated rings. The van der Waals surface area contributed by atoms with Crippen molar-refractivity contribution in [3.63, 3.8) is 0 Å². The molecular weight excluding hydrogens is 240 g/mol. The number of carbonyl (C=O) groups is 1. The van der Waals surface area contributed by atoms with Gasteiger partial charge in [-0.15, -0.1) is 0 Å². The Bertz CT molecular complexity index is 403. The second kappa shape index (κ2) is 7.26. The number of likely N-dealkylation sites (N-methyl/N-ethyl adjacent to an activating group) is 1. The van der Waals surface area contributed by atoms with Crippen LogP contribution >= 0.6 is 0 Å². The lowest BCUT2D eigenvalue weighted by Gasteiger charge is -2.30. The Hall–Kier alpha value is -1.39. The minimum Gasteiger partial charge on any atom is -0.383 e. The van der Waals surface area contributed by atoms with Crippen molar-refractivity contribution in [1.82, 2.24) is 4.90 Å². The predicted molar refractivity (Wildman–Crippen MR) is 76.8 cm³/mol. The number of methoxy groups -OCH3 is 1. The van der Waals surface area contributed by atoms with Gasteiger partial charge in [0.1, 0.15) is 6.04 Å². The van der Waals surface area contributed by atoms with Gasteiger partial charge in [-0.1, -0.05) is 29.8 Å². The Kier molecular flexibility index (Phi) is 5.99. The summed E-state index contributed by atoms with van der Waals surface area (Å²) in [5, 5.41) is 0. The van der Waals surface area contributed by atoms with Crippen molar-refractivity contribution in [3.8, 4) is 0 Å². The zero-order chi connectivity index (χ0) is 14.4. The van der Waals surface area contributed by atoms with E-state index < -0.39 is 6.04 Å². The first-order chi connectivity index (χ1) is 9.01. The first-order valence-electron chi connectivity index (χ1n) is 6.62. The molecule has 0 aliphatic rings. The average Bonchev–Trinajstić information content (AvgIpc) is 2.39. The van der Waals surface area contributed by atoms with E-state index >= 15 is 0 Å². The van der Waals surface area contributed by atoms with Gasteiger partial charge < -0.3 is 15.4 Å². The van der Waals surface area contributed by atoms with Crippen LogP contribution in [0, 0.1) is 6.92 Å². The van der Waals surface area contributed by atoms with E-state index in [1.807, 2.05) is 45.0 Å². The minimum absolute atomic E-state index is 0.0269. The average molecular weight is 264 g/mol. The molecule has 2 N–H and O–H groups in total. The van der Waals surface area contributed by atoms with Crippen molar-refractivity contribution in [2.24, 2.45) is 5.73 Å². The molecule has 1 rings (SSSR count). The number of rotatable bonds is 6. The molecule has 19 heavy (non-hydrogen) atoms. The van der Waals surface area contributed by atoms with E-state index in [1.54, 1.807) is 12.0 Å². The molecule has 1 aromatic carbocycles. The Morgan fingerprint density at radius 2 is 1.95 bits per heavy atom. The molecular formula is C15H24N2O2. The lowest BCUT2D eigenvalue weighted by atomic mass is 10.0. The number of carbonyl (C=O) groups excluding carboxylic acids is 1. The first kappa shape index (κ1) is 15.7. The van der Waals surface area contributed by atoms with Crippen LogP contribution < -0.4 is 5.73 Å². The van der Waals surface area contributed by atoms with E-state index in [-0.39, 0.29) is 11.9 Å². The summed E-state index contributed by atoms with van der Waals surface area (Å²) in [4.78, 5) is 14.2. The van der Waals surface area contributed by atoms with Gasteiger partial charge in [-0.2, -0.15) is 0 Å². The van der Waals surface area contributed by atoms with Crippen molar-refractivity contribution in [1.29, 1.82) is 0 Å². The van der Waals surface area contributed by atoms with Crippen LogP contribution in [-0.2, 0) is 9.53 Å². The van der Waals surface area contributed by atoms with Crippen LogP contribution in [0.2, 0.25) is 0 Å². The topological polar surface area (TPSA) is 55.6 Å². The van der Waals surface area contributed by atoms with Crippen LogP contribution in [0.3, 0.4) is 0 Å². The summed E-state index contributed by atoms with van der Waals surface area (Å²) in [5.41, 5.74) is 8.07. The molecule has 2 unspecified atom stereocenters. The molecule has 1 aromatic rings. The fourth-order valence-corrected chi connectivity index (χ4v) is 2.11. The lowest BCUT2D eigenvalue weighted by Crippen LogP contribution is -2.45. The zero-order valence-corrected chi connectivity index (χ0v) is 12.2. The van der Waals surface area contributed by atoms with Crippen LogP contribution in [0.4, 0.5) is 0 Å². The highest BCUT2D eigenvalue weighted by Gasteiger charge is 2.24. The highest BCUT2D eigenvalue weighted by atomic mass is 16.5. The molecule has 4 heteroatoms. The molecule has 0 spiro atoms. The predicted octanol–water partition coefficient (Wildman–Crippen LogP) is 1.88. The number of hydrogen-bond acceptors (Lipinski definition) is 3. The summed E-state index contributed by atoms with van der Waals surface area (Å²) in [5.74, 6) is -0.0593. The summed E-state index contributed by atoms with van der Waals surface area (Å²) in [6.07, 6.45) is 0. The summed E-state index contributed by atoms with van der Waals surface area (Å²) in [6.45, 7) is 7.07. The number of aryl methyl sites for hydroxylation is 1. The molecule has 2 atom stereocenters. The molecule has 4 nitrogen and oxygen atoms in total. The van der Waals surface area contributed by atoms with E-state index in [0.717, 1.165) is 11.1 Å². The van der Waals surface area contributed by atoms with Gasteiger partial charge in [0.05, 0.1) is 12.6 Å². The van der Waals surface area contributed by atoms with Gasteiger partial charge in [0, 0.05) is 13.7 Å². The fraction of sp³-hybridized carbons (Fsp3) is 0.533. The van der Waals surface area contributed by atoms with Gasteiger partial charge in [0.15, 0.2) is 0 Å². The second-order valence-electron chi connectivity index (χ2n) is 4.82. The number of hydrogen-bond donors (Lipinski definition) is 1. The van der Waals surface area contributed by atoms with E-state index in [9.17, 15) is 4.79 Å². The van der Waals surface area contributed by atoms with Crippen LogP contribution in [0.25, 0.3) is 0 Å². The molecule has 0 bridgehead atoms. The molecule has 0 aromatic heterocycles. The highest BCUT2D eigenvalue weighted by molar-refractivity contribution is 5.83. The van der Waals surface area contributed by atoms with Crippen LogP contribution in [0.5, 0.6) is 0 Å². The first-order valence-corrected chi connectivity index (χ1v) is 6.62. The van der Waals surface area contributed by atoms with E-state index in [1.165, 1.54) is 0 Å². The van der Waals surface area contributed by atoms with Crippen molar-refractivity contribution < 1.29 is 9.53 Å². The Morgan fingerprint density at radius 3 is 2.42 bits per heavy atom. The number of benzene rings is 1. The molecule has 1 amide bonds. The molecule has 0 aliphatic carbocycles. The van der Waals surface area contributed by atoms with Gasteiger partial charge in [-0.25, -0.2) is 0 Å². The summed E-state index contributed by atoms with van der Waals surface area (Å²) >= 11 is 0.